The summed E-state index contributed by atoms with van der Waals surface area (Å²) in [5, 5.41) is 21.4. The molecule has 4 rings (SSSR count). The predicted octanol–water partition coefficient (Wildman–Crippen LogP) is 0.249. The number of aliphatic hydroxyl groups is 2. The highest BCUT2D eigenvalue weighted by Crippen LogP contribution is 2.62. The van der Waals surface area contributed by atoms with Crippen molar-refractivity contribution in [3.8, 4) is 0 Å². The minimum absolute atomic E-state index is 0.0300. The summed E-state index contributed by atoms with van der Waals surface area (Å²) >= 11 is 0. The van der Waals surface area contributed by atoms with Crippen LogP contribution in [0.5, 0.6) is 0 Å². The van der Waals surface area contributed by atoms with Crippen molar-refractivity contribution >= 4 is 5.97 Å². The molecule has 0 aromatic heterocycles. The fourth-order valence-electron chi connectivity index (χ4n) is 5.03. The van der Waals surface area contributed by atoms with Crippen LogP contribution in [-0.4, -0.2) is 46.7 Å². The van der Waals surface area contributed by atoms with Crippen molar-refractivity contribution in [2.24, 2.45) is 23.2 Å². The average Bonchev–Trinajstić information content (AvgIpc) is 3.06. The summed E-state index contributed by atoms with van der Waals surface area (Å²) in [7, 11) is 0. The topological polar surface area (TPSA) is 79.3 Å². The van der Waals surface area contributed by atoms with E-state index in [-0.39, 0.29) is 30.1 Å². The molecule has 2 heterocycles. The van der Waals surface area contributed by atoms with E-state index in [1.54, 1.807) is 0 Å². The SMILES string of the molecule is C=C1C(=O)O[C@@H]2C[C@@H](C)[C@@H]3[C@H]4O[C@H]4[C@H](O)[C@@]3(C)[C@@H](O)[C@H]12. The van der Waals surface area contributed by atoms with Crippen LogP contribution in [-0.2, 0) is 14.3 Å². The maximum atomic E-state index is 11.7. The van der Waals surface area contributed by atoms with Crippen LogP contribution in [0.3, 0.4) is 0 Å². The lowest BCUT2D eigenvalue weighted by Crippen LogP contribution is -2.51. The number of aliphatic hydroxyl groups excluding tert-OH is 2. The fourth-order valence-corrected chi connectivity index (χ4v) is 5.03. The Kier molecular flexibility index (Phi) is 2.33. The molecule has 0 amide bonds. The molecule has 5 heteroatoms. The number of carbonyl (C=O) groups excluding carboxylic acids is 1. The van der Waals surface area contributed by atoms with Crippen LogP contribution in [0, 0.1) is 23.2 Å². The fraction of sp³-hybridized carbons (Fsp3) is 0.800. The molecule has 5 nitrogen and oxygen atoms in total. The van der Waals surface area contributed by atoms with Gasteiger partial charge in [-0.1, -0.05) is 20.4 Å². The smallest absolute Gasteiger partial charge is 0.334 e. The second kappa shape index (κ2) is 3.64. The average molecular weight is 280 g/mol. The Bertz CT molecular complexity index is 502. The molecular formula is C15H20O5. The van der Waals surface area contributed by atoms with E-state index in [9.17, 15) is 15.0 Å². The van der Waals surface area contributed by atoms with E-state index in [1.165, 1.54) is 0 Å². The second-order valence-corrected chi connectivity index (χ2v) is 7.05. The number of ether oxygens (including phenoxy) is 2. The van der Waals surface area contributed by atoms with E-state index in [2.05, 4.69) is 13.5 Å². The van der Waals surface area contributed by atoms with Crippen molar-refractivity contribution in [2.75, 3.05) is 0 Å². The van der Waals surface area contributed by atoms with Gasteiger partial charge in [-0.3, -0.25) is 0 Å². The highest BCUT2D eigenvalue weighted by Gasteiger charge is 2.73. The molecule has 2 aliphatic heterocycles. The van der Waals surface area contributed by atoms with Crippen LogP contribution in [0.4, 0.5) is 0 Å². The van der Waals surface area contributed by atoms with Gasteiger partial charge >= 0.3 is 5.97 Å². The van der Waals surface area contributed by atoms with Gasteiger partial charge in [0.1, 0.15) is 12.2 Å². The first-order chi connectivity index (χ1) is 9.37. The maximum absolute atomic E-state index is 11.7. The van der Waals surface area contributed by atoms with Crippen molar-refractivity contribution in [3.05, 3.63) is 12.2 Å². The molecular weight excluding hydrogens is 260 g/mol. The van der Waals surface area contributed by atoms with Gasteiger partial charge in [-0.2, -0.15) is 0 Å². The van der Waals surface area contributed by atoms with Gasteiger partial charge in [0.05, 0.1) is 24.2 Å². The summed E-state index contributed by atoms with van der Waals surface area (Å²) in [4.78, 5) is 11.7. The monoisotopic (exact) mass is 280 g/mol. The molecule has 20 heavy (non-hydrogen) atoms. The number of epoxide rings is 1. The van der Waals surface area contributed by atoms with Crippen LogP contribution < -0.4 is 0 Å². The van der Waals surface area contributed by atoms with Crippen LogP contribution in [0.25, 0.3) is 0 Å². The Morgan fingerprint density at radius 3 is 2.70 bits per heavy atom. The third kappa shape index (κ3) is 1.27. The summed E-state index contributed by atoms with van der Waals surface area (Å²) in [6.45, 7) is 7.79. The number of hydrogen-bond acceptors (Lipinski definition) is 5. The number of fused-ring (bicyclic) bond motifs is 4. The van der Waals surface area contributed by atoms with E-state index in [1.807, 2.05) is 6.92 Å². The van der Waals surface area contributed by atoms with Gasteiger partial charge in [-0.05, 0) is 12.3 Å². The Balaban J connectivity index is 1.79. The molecule has 4 aliphatic rings. The highest BCUT2D eigenvalue weighted by molar-refractivity contribution is 5.91. The summed E-state index contributed by atoms with van der Waals surface area (Å²) in [6, 6.07) is 0. The van der Waals surface area contributed by atoms with Crippen LogP contribution >= 0.6 is 0 Å². The molecule has 0 spiro atoms. The molecule has 2 N–H and O–H groups in total. The summed E-state index contributed by atoms with van der Waals surface area (Å²) in [5.41, 5.74) is -0.325. The van der Waals surface area contributed by atoms with Gasteiger partial charge in [0.2, 0.25) is 0 Å². The third-order valence-electron chi connectivity index (χ3n) is 6.10. The first kappa shape index (κ1) is 12.8. The predicted molar refractivity (Wildman–Crippen MR) is 68.6 cm³/mol. The minimum Gasteiger partial charge on any atom is -0.458 e. The Hall–Kier alpha value is -0.910. The highest BCUT2D eigenvalue weighted by atomic mass is 16.6. The molecule has 2 saturated heterocycles. The van der Waals surface area contributed by atoms with Crippen LogP contribution in [0.1, 0.15) is 20.3 Å². The lowest BCUT2D eigenvalue weighted by molar-refractivity contribution is -0.140. The van der Waals surface area contributed by atoms with Gasteiger partial charge in [0, 0.05) is 16.9 Å². The zero-order chi connectivity index (χ0) is 14.4. The largest absolute Gasteiger partial charge is 0.458 e. The number of carbonyl (C=O) groups is 1. The number of rotatable bonds is 0. The van der Waals surface area contributed by atoms with Crippen LogP contribution in [0.15, 0.2) is 12.2 Å². The second-order valence-electron chi connectivity index (χ2n) is 7.05. The molecule has 2 aliphatic carbocycles. The molecule has 0 aromatic carbocycles. The van der Waals surface area contributed by atoms with Gasteiger partial charge in [-0.15, -0.1) is 0 Å². The molecule has 0 bridgehead atoms. The standard InChI is InChI=1S/C15H20O5/c1-5-4-7-8(6(2)14(18)19-7)12(16)15(3)9(5)10-11(20-10)13(15)17/h5,7-13,16-17H,2,4H2,1,3H3/t5-,7-,8-,9-,10-,11-,12+,13+,15-/m1/s1. The number of esters is 1. The molecule has 110 valence electrons. The van der Waals surface area contributed by atoms with E-state index in [0.717, 1.165) is 0 Å². The zero-order valence-electron chi connectivity index (χ0n) is 11.7. The molecule has 0 aromatic rings. The van der Waals surface area contributed by atoms with E-state index < -0.39 is 29.5 Å². The summed E-state index contributed by atoms with van der Waals surface area (Å²) in [5.74, 6) is -0.514. The van der Waals surface area contributed by atoms with Gasteiger partial charge < -0.3 is 19.7 Å². The Morgan fingerprint density at radius 1 is 1.30 bits per heavy atom. The van der Waals surface area contributed by atoms with Crippen molar-refractivity contribution in [2.45, 2.75) is 50.8 Å². The van der Waals surface area contributed by atoms with Crippen molar-refractivity contribution in [1.82, 2.24) is 0 Å². The van der Waals surface area contributed by atoms with Crippen molar-refractivity contribution < 1.29 is 24.5 Å². The van der Waals surface area contributed by atoms with Gasteiger partial charge in [0.15, 0.2) is 0 Å². The molecule has 4 fully saturated rings. The maximum Gasteiger partial charge on any atom is 0.334 e. The Labute approximate surface area is 117 Å². The lowest BCUT2D eigenvalue weighted by atomic mass is 9.66. The Morgan fingerprint density at radius 2 is 2.00 bits per heavy atom. The minimum atomic E-state index is -0.826. The number of hydrogen-bond donors (Lipinski definition) is 2. The third-order valence-corrected chi connectivity index (χ3v) is 6.10. The van der Waals surface area contributed by atoms with Crippen LogP contribution in [0.2, 0.25) is 0 Å². The lowest BCUT2D eigenvalue weighted by Gasteiger charge is -2.42. The molecule has 2 saturated carbocycles. The van der Waals surface area contributed by atoms with Crippen molar-refractivity contribution in [1.29, 1.82) is 0 Å². The molecule has 0 unspecified atom stereocenters. The normalized spacial score (nSPS) is 60.4. The first-order valence-corrected chi connectivity index (χ1v) is 7.28. The van der Waals surface area contributed by atoms with Gasteiger partial charge in [-0.25, -0.2) is 4.79 Å². The summed E-state index contributed by atoms with van der Waals surface area (Å²) in [6.07, 6.45) is -1.30. The van der Waals surface area contributed by atoms with Gasteiger partial charge in [0.25, 0.3) is 0 Å². The van der Waals surface area contributed by atoms with Crippen molar-refractivity contribution in [3.63, 3.8) is 0 Å². The quantitative estimate of drug-likeness (QED) is 0.378. The summed E-state index contributed by atoms with van der Waals surface area (Å²) < 4.78 is 10.9. The van der Waals surface area contributed by atoms with E-state index in [0.29, 0.717) is 12.0 Å². The van der Waals surface area contributed by atoms with E-state index >= 15 is 0 Å². The van der Waals surface area contributed by atoms with E-state index in [4.69, 9.17) is 9.47 Å². The molecule has 0 radical (unpaired) electrons. The zero-order valence-corrected chi connectivity index (χ0v) is 11.7. The first-order valence-electron chi connectivity index (χ1n) is 7.28. The molecule has 9 atom stereocenters.